The summed E-state index contributed by atoms with van der Waals surface area (Å²) in [6, 6.07) is 7.87. The van der Waals surface area contributed by atoms with Gasteiger partial charge in [0.2, 0.25) is 11.7 Å². The normalized spacial score (nSPS) is 18.4. The second kappa shape index (κ2) is 6.72. The fourth-order valence-electron chi connectivity index (χ4n) is 2.32. The van der Waals surface area contributed by atoms with Gasteiger partial charge in [0.15, 0.2) is 0 Å². The summed E-state index contributed by atoms with van der Waals surface area (Å²) in [4.78, 5) is 4.48. The van der Waals surface area contributed by atoms with Gasteiger partial charge in [-0.2, -0.15) is 4.98 Å². The van der Waals surface area contributed by atoms with Crippen molar-refractivity contribution in [2.24, 2.45) is 0 Å². The Morgan fingerprint density at radius 2 is 2.25 bits per heavy atom. The van der Waals surface area contributed by atoms with E-state index in [2.05, 4.69) is 15.5 Å². The van der Waals surface area contributed by atoms with Crippen molar-refractivity contribution < 1.29 is 9.26 Å². The van der Waals surface area contributed by atoms with Gasteiger partial charge in [-0.1, -0.05) is 23.7 Å². The van der Waals surface area contributed by atoms with E-state index in [1.165, 1.54) is 12.8 Å². The van der Waals surface area contributed by atoms with E-state index < -0.39 is 0 Å². The molecule has 2 heterocycles. The molecule has 0 spiro atoms. The first kappa shape index (κ1) is 14.8. The topological polar surface area (TPSA) is 60.2 Å². The smallest absolute Gasteiger partial charge is 0.244 e. The van der Waals surface area contributed by atoms with Crippen LogP contribution >= 0.6 is 12.4 Å². The molecule has 1 aliphatic heterocycles. The van der Waals surface area contributed by atoms with Gasteiger partial charge in [0.05, 0.1) is 13.2 Å². The van der Waals surface area contributed by atoms with Crippen LogP contribution in [0.15, 0.2) is 28.8 Å². The lowest BCUT2D eigenvalue weighted by Gasteiger charge is -2.19. The molecule has 0 aliphatic carbocycles. The maximum atomic E-state index is 5.37. The largest absolute Gasteiger partial charge is 0.497 e. The highest BCUT2D eigenvalue weighted by molar-refractivity contribution is 5.85. The third-order valence-electron chi connectivity index (χ3n) is 3.38. The van der Waals surface area contributed by atoms with E-state index >= 15 is 0 Å². The first-order valence-corrected chi connectivity index (χ1v) is 6.58. The third kappa shape index (κ3) is 3.11. The number of nitrogens with zero attached hydrogens (tertiary/aromatic N) is 2. The molecule has 1 fully saturated rings. The molecule has 5 nitrogen and oxygen atoms in total. The van der Waals surface area contributed by atoms with Crippen molar-refractivity contribution in [1.82, 2.24) is 15.5 Å². The fraction of sp³-hybridized carbons (Fsp3) is 0.429. The van der Waals surface area contributed by atoms with Crippen molar-refractivity contribution in [2.75, 3.05) is 13.7 Å². The molecule has 0 radical (unpaired) electrons. The Labute approximate surface area is 124 Å². The number of methoxy groups -OCH3 is 1. The Morgan fingerprint density at radius 1 is 1.35 bits per heavy atom. The number of nitrogens with one attached hydrogen (secondary N) is 1. The van der Waals surface area contributed by atoms with Gasteiger partial charge >= 0.3 is 0 Å². The zero-order chi connectivity index (χ0) is 13.1. The molecule has 0 saturated carbocycles. The first-order chi connectivity index (χ1) is 9.36. The fourth-order valence-corrected chi connectivity index (χ4v) is 2.32. The number of rotatable bonds is 3. The van der Waals surface area contributed by atoms with E-state index in [0.29, 0.717) is 11.7 Å². The predicted octanol–water partition coefficient (Wildman–Crippen LogP) is 2.98. The molecule has 1 N–H and O–H groups in total. The van der Waals surface area contributed by atoms with E-state index in [0.717, 1.165) is 24.3 Å². The number of aromatic nitrogens is 2. The minimum absolute atomic E-state index is 0. The zero-order valence-electron chi connectivity index (χ0n) is 11.3. The van der Waals surface area contributed by atoms with Crippen molar-refractivity contribution in [1.29, 1.82) is 0 Å². The van der Waals surface area contributed by atoms with Gasteiger partial charge in [-0.3, -0.25) is 0 Å². The van der Waals surface area contributed by atoms with Crippen LogP contribution in [-0.2, 0) is 0 Å². The lowest BCUT2D eigenvalue weighted by atomic mass is 10.1. The van der Waals surface area contributed by atoms with Gasteiger partial charge in [-0.05, 0) is 31.5 Å². The van der Waals surface area contributed by atoms with Crippen LogP contribution in [0.1, 0.15) is 31.2 Å². The van der Waals surface area contributed by atoms with Gasteiger partial charge < -0.3 is 14.6 Å². The van der Waals surface area contributed by atoms with Crippen LogP contribution < -0.4 is 10.1 Å². The van der Waals surface area contributed by atoms with Crippen LogP contribution in [0.3, 0.4) is 0 Å². The van der Waals surface area contributed by atoms with Crippen LogP contribution in [0, 0.1) is 0 Å². The van der Waals surface area contributed by atoms with Crippen molar-refractivity contribution in [3.05, 3.63) is 30.2 Å². The highest BCUT2D eigenvalue weighted by Gasteiger charge is 2.21. The molecule has 1 aromatic heterocycles. The average molecular weight is 296 g/mol. The molecule has 0 amide bonds. The molecular formula is C14H18ClN3O2. The molecule has 20 heavy (non-hydrogen) atoms. The number of ether oxygens (including phenoxy) is 1. The van der Waals surface area contributed by atoms with Crippen molar-refractivity contribution in [3.63, 3.8) is 0 Å². The summed E-state index contributed by atoms with van der Waals surface area (Å²) >= 11 is 0. The highest BCUT2D eigenvalue weighted by Crippen LogP contribution is 2.25. The number of benzene rings is 1. The maximum absolute atomic E-state index is 5.37. The molecule has 108 valence electrons. The average Bonchev–Trinajstić information content (AvgIpc) is 2.98. The standard InChI is InChI=1S/C14H17N3O2.ClH/c1-18-11-6-4-5-10(9-11)13-16-14(19-17-13)12-7-2-3-8-15-12;/h4-6,9,12,15H,2-3,7-8H2,1H3;1H/t12-;/m1./s1. The number of hydrogen-bond donors (Lipinski definition) is 1. The van der Waals surface area contributed by atoms with Crippen molar-refractivity contribution >= 4 is 12.4 Å². The van der Waals surface area contributed by atoms with E-state index in [1.807, 2.05) is 24.3 Å². The minimum Gasteiger partial charge on any atom is -0.497 e. The molecule has 0 bridgehead atoms. The van der Waals surface area contributed by atoms with Crippen molar-refractivity contribution in [3.8, 4) is 17.1 Å². The molecular weight excluding hydrogens is 278 g/mol. The monoisotopic (exact) mass is 295 g/mol. The molecule has 6 heteroatoms. The lowest BCUT2D eigenvalue weighted by Crippen LogP contribution is -2.26. The predicted molar refractivity (Wildman–Crippen MR) is 78.1 cm³/mol. The summed E-state index contributed by atoms with van der Waals surface area (Å²) in [6.07, 6.45) is 3.47. The van der Waals surface area contributed by atoms with Gasteiger partial charge in [0, 0.05) is 5.56 Å². The highest BCUT2D eigenvalue weighted by atomic mass is 35.5. The van der Waals surface area contributed by atoms with Crippen LogP contribution in [0.4, 0.5) is 0 Å². The van der Waals surface area contributed by atoms with E-state index in [1.54, 1.807) is 7.11 Å². The van der Waals surface area contributed by atoms with Gasteiger partial charge in [0.1, 0.15) is 5.75 Å². The van der Waals surface area contributed by atoms with Crippen LogP contribution in [0.25, 0.3) is 11.4 Å². The molecule has 2 aromatic rings. The van der Waals surface area contributed by atoms with Crippen LogP contribution in [0.5, 0.6) is 5.75 Å². The maximum Gasteiger partial charge on any atom is 0.244 e. The number of piperidine rings is 1. The summed E-state index contributed by atoms with van der Waals surface area (Å²) in [5.74, 6) is 2.08. The summed E-state index contributed by atoms with van der Waals surface area (Å²) in [5.41, 5.74) is 0.908. The van der Waals surface area contributed by atoms with E-state index in [9.17, 15) is 0 Å². The van der Waals surface area contributed by atoms with Crippen LogP contribution in [0.2, 0.25) is 0 Å². The Balaban J connectivity index is 0.00000147. The molecule has 1 aromatic carbocycles. The van der Waals surface area contributed by atoms with Crippen LogP contribution in [-0.4, -0.2) is 23.8 Å². The summed E-state index contributed by atoms with van der Waals surface area (Å²) in [7, 11) is 1.65. The van der Waals surface area contributed by atoms with E-state index in [4.69, 9.17) is 9.26 Å². The Morgan fingerprint density at radius 3 is 3.00 bits per heavy atom. The van der Waals surface area contributed by atoms with Gasteiger partial charge in [-0.15, -0.1) is 12.4 Å². The molecule has 1 atom stereocenters. The second-order valence-electron chi connectivity index (χ2n) is 4.69. The Hall–Kier alpha value is -1.59. The molecule has 1 saturated heterocycles. The zero-order valence-corrected chi connectivity index (χ0v) is 12.2. The minimum atomic E-state index is 0. The quantitative estimate of drug-likeness (QED) is 0.943. The Kier molecular flexibility index (Phi) is 4.98. The molecule has 1 aliphatic rings. The van der Waals surface area contributed by atoms with Gasteiger partial charge in [-0.25, -0.2) is 0 Å². The van der Waals surface area contributed by atoms with Gasteiger partial charge in [0.25, 0.3) is 0 Å². The lowest BCUT2D eigenvalue weighted by molar-refractivity contribution is 0.297. The second-order valence-corrected chi connectivity index (χ2v) is 4.69. The van der Waals surface area contributed by atoms with Crippen molar-refractivity contribution in [2.45, 2.75) is 25.3 Å². The SMILES string of the molecule is COc1cccc(-c2noc([C@H]3CCCCN3)n2)c1.Cl. The third-order valence-corrected chi connectivity index (χ3v) is 3.38. The first-order valence-electron chi connectivity index (χ1n) is 6.58. The number of halogens is 1. The summed E-state index contributed by atoms with van der Waals surface area (Å²) in [5, 5.41) is 7.46. The molecule has 0 unspecified atom stereocenters. The summed E-state index contributed by atoms with van der Waals surface area (Å²) < 4.78 is 10.6. The Bertz CT molecular complexity index is 553. The van der Waals surface area contributed by atoms with E-state index in [-0.39, 0.29) is 18.4 Å². The summed E-state index contributed by atoms with van der Waals surface area (Å²) in [6.45, 7) is 1.02. The molecule has 3 rings (SSSR count). The number of hydrogen-bond acceptors (Lipinski definition) is 5.